The molecule has 1 rings (SSSR count). The van der Waals surface area contributed by atoms with Crippen LogP contribution in [0.4, 0.5) is 0 Å². The fraction of sp³-hybridized carbons (Fsp3) is 0.600. The van der Waals surface area contributed by atoms with Gasteiger partial charge in [0.1, 0.15) is 0 Å². The van der Waals surface area contributed by atoms with Gasteiger partial charge in [0.2, 0.25) is 0 Å². The second-order valence-corrected chi connectivity index (χ2v) is 5.68. The predicted molar refractivity (Wildman–Crippen MR) is 73.2 cm³/mol. The molecule has 0 radical (unpaired) electrons. The Morgan fingerprint density at radius 2 is 1.82 bits per heavy atom. The van der Waals surface area contributed by atoms with Crippen molar-refractivity contribution < 1.29 is 5.11 Å². The van der Waals surface area contributed by atoms with Crippen molar-refractivity contribution in [2.24, 2.45) is 5.92 Å². The van der Waals surface area contributed by atoms with E-state index in [1.807, 2.05) is 6.92 Å². The fourth-order valence-corrected chi connectivity index (χ4v) is 1.84. The van der Waals surface area contributed by atoms with Crippen LogP contribution in [0.1, 0.15) is 31.9 Å². The van der Waals surface area contributed by atoms with Crippen LogP contribution in [0.25, 0.3) is 0 Å². The van der Waals surface area contributed by atoms with Crippen molar-refractivity contribution in [3.63, 3.8) is 0 Å². The highest BCUT2D eigenvalue weighted by molar-refractivity contribution is 5.22. The first-order valence-electron chi connectivity index (χ1n) is 6.38. The summed E-state index contributed by atoms with van der Waals surface area (Å²) in [5, 5.41) is 13.6. The molecule has 1 unspecified atom stereocenters. The molecule has 1 atom stereocenters. The van der Waals surface area contributed by atoms with Crippen molar-refractivity contribution >= 4 is 0 Å². The quantitative estimate of drug-likeness (QED) is 0.794. The van der Waals surface area contributed by atoms with Crippen LogP contribution >= 0.6 is 0 Å². The smallest absolute Gasteiger partial charge is 0.0783 e. The van der Waals surface area contributed by atoms with Crippen LogP contribution in [0.15, 0.2) is 24.3 Å². The molecule has 0 aliphatic rings. The number of hydrogen-bond acceptors (Lipinski definition) is 2. The predicted octanol–water partition coefficient (Wildman–Crippen LogP) is 2.53. The summed E-state index contributed by atoms with van der Waals surface area (Å²) >= 11 is 0. The van der Waals surface area contributed by atoms with Gasteiger partial charge in [-0.1, -0.05) is 43.7 Å². The van der Waals surface area contributed by atoms with Crippen molar-refractivity contribution in [2.75, 3.05) is 13.1 Å². The number of aryl methyl sites for hydroxylation is 1. The summed E-state index contributed by atoms with van der Waals surface area (Å²) < 4.78 is 0. The molecule has 0 heterocycles. The standard InChI is InChI=1S/C15H25NO/c1-12(2)10-16-11-15(4,17)9-14-7-5-13(3)6-8-14/h5-8,12,16-17H,9-11H2,1-4H3. The third kappa shape index (κ3) is 5.85. The summed E-state index contributed by atoms with van der Waals surface area (Å²) in [5.41, 5.74) is 1.77. The molecule has 1 aromatic carbocycles. The molecule has 0 aromatic heterocycles. The SMILES string of the molecule is Cc1ccc(CC(C)(O)CNCC(C)C)cc1. The average molecular weight is 235 g/mol. The van der Waals surface area contributed by atoms with Gasteiger partial charge in [0.05, 0.1) is 5.60 Å². The lowest BCUT2D eigenvalue weighted by molar-refractivity contribution is 0.0596. The average Bonchev–Trinajstić information content (AvgIpc) is 2.20. The first kappa shape index (κ1) is 14.2. The maximum atomic E-state index is 10.3. The Morgan fingerprint density at radius 1 is 1.24 bits per heavy atom. The van der Waals surface area contributed by atoms with Gasteiger partial charge in [-0.05, 0) is 31.9 Å². The largest absolute Gasteiger partial charge is 0.389 e. The van der Waals surface area contributed by atoms with Gasteiger partial charge in [-0.2, -0.15) is 0 Å². The maximum Gasteiger partial charge on any atom is 0.0783 e. The molecule has 17 heavy (non-hydrogen) atoms. The van der Waals surface area contributed by atoms with E-state index in [4.69, 9.17) is 0 Å². The summed E-state index contributed by atoms with van der Waals surface area (Å²) in [5.74, 6) is 0.616. The Morgan fingerprint density at radius 3 is 2.35 bits per heavy atom. The molecular weight excluding hydrogens is 210 g/mol. The van der Waals surface area contributed by atoms with Crippen LogP contribution in [0.5, 0.6) is 0 Å². The molecule has 0 saturated heterocycles. The summed E-state index contributed by atoms with van der Waals surface area (Å²) in [7, 11) is 0. The Labute approximate surface area is 105 Å². The van der Waals surface area contributed by atoms with Gasteiger partial charge < -0.3 is 10.4 Å². The minimum Gasteiger partial charge on any atom is -0.389 e. The molecule has 2 N–H and O–H groups in total. The lowest BCUT2D eigenvalue weighted by Gasteiger charge is -2.24. The van der Waals surface area contributed by atoms with Crippen LogP contribution in [0.2, 0.25) is 0 Å². The fourth-order valence-electron chi connectivity index (χ4n) is 1.84. The van der Waals surface area contributed by atoms with Gasteiger partial charge in [0, 0.05) is 13.0 Å². The van der Waals surface area contributed by atoms with E-state index in [1.165, 1.54) is 11.1 Å². The van der Waals surface area contributed by atoms with Crippen LogP contribution in [0, 0.1) is 12.8 Å². The minimum atomic E-state index is -0.676. The molecule has 0 amide bonds. The van der Waals surface area contributed by atoms with E-state index in [-0.39, 0.29) is 0 Å². The zero-order valence-corrected chi connectivity index (χ0v) is 11.5. The molecule has 0 saturated carbocycles. The number of rotatable bonds is 6. The molecule has 0 spiro atoms. The molecule has 96 valence electrons. The Balaban J connectivity index is 2.45. The maximum absolute atomic E-state index is 10.3. The van der Waals surface area contributed by atoms with Gasteiger partial charge in [-0.25, -0.2) is 0 Å². The summed E-state index contributed by atoms with van der Waals surface area (Å²) in [6.45, 7) is 9.89. The highest BCUT2D eigenvalue weighted by Crippen LogP contribution is 2.13. The van der Waals surface area contributed by atoms with Crippen LogP contribution in [-0.4, -0.2) is 23.8 Å². The van der Waals surface area contributed by atoms with Gasteiger partial charge in [0.25, 0.3) is 0 Å². The van der Waals surface area contributed by atoms with Crippen molar-refractivity contribution in [1.29, 1.82) is 0 Å². The molecule has 1 aromatic rings. The van der Waals surface area contributed by atoms with E-state index in [0.717, 1.165) is 6.54 Å². The number of aliphatic hydroxyl groups is 1. The van der Waals surface area contributed by atoms with E-state index in [9.17, 15) is 5.11 Å². The third-order valence-electron chi connectivity index (χ3n) is 2.76. The number of benzene rings is 1. The summed E-state index contributed by atoms with van der Waals surface area (Å²) in [6, 6.07) is 8.36. The molecular formula is C15H25NO. The molecule has 0 bridgehead atoms. The highest BCUT2D eigenvalue weighted by Gasteiger charge is 2.20. The summed E-state index contributed by atoms with van der Waals surface area (Å²) in [4.78, 5) is 0. The van der Waals surface area contributed by atoms with E-state index in [1.54, 1.807) is 0 Å². The Bertz CT molecular complexity index is 327. The van der Waals surface area contributed by atoms with Crippen molar-refractivity contribution in [3.8, 4) is 0 Å². The van der Waals surface area contributed by atoms with Gasteiger partial charge in [0.15, 0.2) is 0 Å². The molecule has 0 aliphatic carbocycles. The van der Waals surface area contributed by atoms with Crippen molar-refractivity contribution in [1.82, 2.24) is 5.32 Å². The number of nitrogens with one attached hydrogen (secondary N) is 1. The zero-order chi connectivity index (χ0) is 12.9. The van der Waals surface area contributed by atoms with Gasteiger partial charge in [-0.3, -0.25) is 0 Å². The van der Waals surface area contributed by atoms with Gasteiger partial charge in [-0.15, -0.1) is 0 Å². The van der Waals surface area contributed by atoms with Crippen LogP contribution in [-0.2, 0) is 6.42 Å². The van der Waals surface area contributed by atoms with Crippen molar-refractivity contribution in [3.05, 3.63) is 35.4 Å². The number of hydrogen-bond donors (Lipinski definition) is 2. The lowest BCUT2D eigenvalue weighted by atomic mass is 9.96. The van der Waals surface area contributed by atoms with E-state index in [2.05, 4.69) is 50.4 Å². The summed E-state index contributed by atoms with van der Waals surface area (Å²) in [6.07, 6.45) is 0.693. The zero-order valence-electron chi connectivity index (χ0n) is 11.5. The minimum absolute atomic E-state index is 0.616. The van der Waals surface area contributed by atoms with E-state index < -0.39 is 5.60 Å². The third-order valence-corrected chi connectivity index (χ3v) is 2.76. The first-order chi connectivity index (χ1) is 7.89. The molecule has 2 nitrogen and oxygen atoms in total. The van der Waals surface area contributed by atoms with E-state index in [0.29, 0.717) is 18.9 Å². The topological polar surface area (TPSA) is 32.3 Å². The van der Waals surface area contributed by atoms with E-state index >= 15 is 0 Å². The Kier molecular flexibility index (Phi) is 5.16. The molecule has 2 heteroatoms. The van der Waals surface area contributed by atoms with Crippen molar-refractivity contribution in [2.45, 2.75) is 39.7 Å². The molecule has 0 fully saturated rings. The monoisotopic (exact) mass is 235 g/mol. The van der Waals surface area contributed by atoms with Crippen LogP contribution < -0.4 is 5.32 Å². The normalized spacial score (nSPS) is 14.9. The van der Waals surface area contributed by atoms with Gasteiger partial charge >= 0.3 is 0 Å². The lowest BCUT2D eigenvalue weighted by Crippen LogP contribution is -2.40. The highest BCUT2D eigenvalue weighted by atomic mass is 16.3. The van der Waals surface area contributed by atoms with Crippen LogP contribution in [0.3, 0.4) is 0 Å². The second kappa shape index (κ2) is 6.18. The molecule has 0 aliphatic heterocycles. The second-order valence-electron chi connectivity index (χ2n) is 5.68. The first-order valence-corrected chi connectivity index (χ1v) is 6.38. The Hall–Kier alpha value is -0.860.